The van der Waals surface area contributed by atoms with Gasteiger partial charge in [0.25, 0.3) is 5.91 Å². The lowest BCUT2D eigenvalue weighted by Gasteiger charge is -2.28. The summed E-state index contributed by atoms with van der Waals surface area (Å²) in [6.45, 7) is 8.69. The van der Waals surface area contributed by atoms with Gasteiger partial charge >= 0.3 is 0 Å². The fourth-order valence-electron chi connectivity index (χ4n) is 5.02. The van der Waals surface area contributed by atoms with Gasteiger partial charge in [-0.1, -0.05) is 12.8 Å². The number of aliphatic hydroxyl groups is 1. The summed E-state index contributed by atoms with van der Waals surface area (Å²) >= 11 is 0. The van der Waals surface area contributed by atoms with Crippen LogP contribution < -0.4 is 24.6 Å². The minimum Gasteiger partial charge on any atom is -0.491 e. The van der Waals surface area contributed by atoms with Gasteiger partial charge < -0.3 is 20.1 Å². The Bertz CT molecular complexity index is 1590. The summed E-state index contributed by atoms with van der Waals surface area (Å²) in [6.07, 6.45) is 2.94. The summed E-state index contributed by atoms with van der Waals surface area (Å²) in [5, 5.41) is 16.6. The number of halogens is 2. The maximum Gasteiger partial charge on any atom is 0.251 e. The van der Waals surface area contributed by atoms with Crippen molar-refractivity contribution < 1.29 is 31.8 Å². The van der Waals surface area contributed by atoms with Crippen molar-refractivity contribution >= 4 is 27.6 Å². The number of carbonyl (C=O) groups is 1. The average Bonchev–Trinajstić information content (AvgIpc) is 3.94. The van der Waals surface area contributed by atoms with Crippen LogP contribution in [-0.2, 0) is 10.0 Å². The van der Waals surface area contributed by atoms with Crippen LogP contribution in [0, 0.1) is 35.3 Å². The molecule has 47 heavy (non-hydrogen) atoms. The Kier molecular flexibility index (Phi) is 11.4. The van der Waals surface area contributed by atoms with E-state index in [1.807, 2.05) is 25.8 Å². The Morgan fingerprint density at radius 2 is 1.74 bits per heavy atom. The Labute approximate surface area is 277 Å². The number of pyridine rings is 1. The van der Waals surface area contributed by atoms with Gasteiger partial charge in [-0.25, -0.2) is 22.2 Å². The number of aliphatic hydroxyl groups excluding tert-OH is 1. The van der Waals surface area contributed by atoms with Crippen molar-refractivity contribution in [3.63, 3.8) is 0 Å². The largest absolute Gasteiger partial charge is 0.491 e. The topological polar surface area (TPSA) is 124 Å². The molecule has 2 saturated carbocycles. The molecule has 4 rings (SSSR count). The molecule has 4 atom stereocenters. The van der Waals surface area contributed by atoms with E-state index in [0.717, 1.165) is 29.3 Å². The number of ether oxygens (including phenoxy) is 1. The van der Waals surface area contributed by atoms with Gasteiger partial charge in [0.05, 0.1) is 22.9 Å². The van der Waals surface area contributed by atoms with Gasteiger partial charge in [-0.05, 0) is 70.9 Å². The summed E-state index contributed by atoms with van der Waals surface area (Å²) in [7, 11) is -0.526. The molecule has 0 saturated heterocycles. The van der Waals surface area contributed by atoms with Gasteiger partial charge in [0, 0.05) is 56.9 Å². The van der Waals surface area contributed by atoms with Crippen LogP contribution >= 0.6 is 0 Å². The van der Waals surface area contributed by atoms with Gasteiger partial charge in [-0.3, -0.25) is 14.4 Å². The molecule has 0 spiro atoms. The van der Waals surface area contributed by atoms with Crippen LogP contribution in [0.3, 0.4) is 0 Å². The molecular weight excluding hydrogens is 628 g/mol. The van der Waals surface area contributed by atoms with Crippen molar-refractivity contribution in [2.75, 3.05) is 36.5 Å². The third-order valence-corrected chi connectivity index (χ3v) is 10.7. The van der Waals surface area contributed by atoms with Crippen LogP contribution in [0.1, 0.15) is 70.7 Å². The fourth-order valence-corrected chi connectivity index (χ4v) is 6.00. The highest BCUT2D eigenvalue weighted by Crippen LogP contribution is 2.37. The number of nitrogens with zero attached hydrogens (tertiary/aromatic N) is 3. The minimum absolute atomic E-state index is 0.0153. The second-order valence-electron chi connectivity index (χ2n) is 13.5. The fraction of sp³-hybridized carbons (Fsp3) is 0.588. The number of amides is 1. The molecule has 2 aliphatic carbocycles. The molecule has 1 heterocycles. The van der Waals surface area contributed by atoms with Gasteiger partial charge in [0.1, 0.15) is 35.6 Å². The highest BCUT2D eigenvalue weighted by Gasteiger charge is 2.38. The standard InChI is InChI=1S/C34H47F2N5O5S/c1-21(2)47(44,45)41(7)32-15-24(14-31(39-32)40(6)29-13-22(29)3)33(43)38-28(20-46-27-17-25(35)16-26(36)18-27)30(42)19-37-34(4,5)12-8-9-23-10-11-23/h14-18,21-23,28-30,37,42H,9-11,13,19-20H2,1-7H3,(H,38,43)/t22-,28?,29-,30+/m0/s1. The number of hydrogen-bond donors (Lipinski definition) is 3. The summed E-state index contributed by atoms with van der Waals surface area (Å²) in [5.74, 6) is 5.55. The number of hydrogen-bond acceptors (Lipinski definition) is 8. The van der Waals surface area contributed by atoms with E-state index in [1.54, 1.807) is 19.9 Å². The number of β-amino-alcohol motifs (C(OH)–C–C–N with tert-alkyl or cyclic N) is 1. The van der Waals surface area contributed by atoms with Crippen molar-refractivity contribution in [2.24, 2.45) is 11.8 Å². The first kappa shape index (κ1) is 36.4. The number of aromatic nitrogens is 1. The number of sulfonamides is 1. The Morgan fingerprint density at radius 3 is 2.32 bits per heavy atom. The molecule has 0 radical (unpaired) electrons. The molecule has 13 heteroatoms. The predicted molar refractivity (Wildman–Crippen MR) is 179 cm³/mol. The highest BCUT2D eigenvalue weighted by atomic mass is 32.2. The van der Waals surface area contributed by atoms with Gasteiger partial charge in [0.2, 0.25) is 10.0 Å². The Balaban J connectivity index is 1.59. The molecular formula is C34H47F2N5O5S. The zero-order valence-electron chi connectivity index (χ0n) is 28.2. The molecule has 0 bridgehead atoms. The van der Waals surface area contributed by atoms with Crippen molar-refractivity contribution in [2.45, 2.75) is 89.3 Å². The third-order valence-electron chi connectivity index (χ3n) is 8.57. The summed E-state index contributed by atoms with van der Waals surface area (Å²) in [5.41, 5.74) is -0.521. The highest BCUT2D eigenvalue weighted by molar-refractivity contribution is 7.93. The lowest BCUT2D eigenvalue weighted by molar-refractivity contribution is 0.0718. The third kappa shape index (κ3) is 10.0. The van der Waals surface area contributed by atoms with Crippen LogP contribution in [0.25, 0.3) is 0 Å². The van der Waals surface area contributed by atoms with E-state index in [4.69, 9.17) is 4.74 Å². The van der Waals surface area contributed by atoms with E-state index in [0.29, 0.717) is 23.7 Å². The molecule has 1 unspecified atom stereocenters. The lowest BCUT2D eigenvalue weighted by atomic mass is 10.0. The van der Waals surface area contributed by atoms with Gasteiger partial charge in [0.15, 0.2) is 0 Å². The molecule has 0 aliphatic heterocycles. The lowest BCUT2D eigenvalue weighted by Crippen LogP contribution is -2.53. The molecule has 1 amide bonds. The van der Waals surface area contributed by atoms with Crippen LogP contribution in [0.2, 0.25) is 0 Å². The van der Waals surface area contributed by atoms with Crippen molar-refractivity contribution in [3.05, 3.63) is 47.5 Å². The second-order valence-corrected chi connectivity index (χ2v) is 16.1. The van der Waals surface area contributed by atoms with Crippen LogP contribution in [0.5, 0.6) is 5.75 Å². The maximum absolute atomic E-state index is 13.9. The zero-order chi connectivity index (χ0) is 34.7. The smallest absolute Gasteiger partial charge is 0.251 e. The summed E-state index contributed by atoms with van der Waals surface area (Å²) in [4.78, 5) is 20.3. The molecule has 258 valence electrons. The normalized spacial score (nSPS) is 19.0. The van der Waals surface area contributed by atoms with E-state index >= 15 is 0 Å². The molecule has 3 N–H and O–H groups in total. The van der Waals surface area contributed by atoms with E-state index in [-0.39, 0.29) is 36.3 Å². The minimum atomic E-state index is -3.76. The van der Waals surface area contributed by atoms with Crippen LogP contribution in [-0.4, -0.2) is 80.6 Å². The Hall–Kier alpha value is -3.47. The van der Waals surface area contributed by atoms with Gasteiger partial charge in [-0.2, -0.15) is 0 Å². The quantitative estimate of drug-likeness (QED) is 0.242. The average molecular weight is 676 g/mol. The van der Waals surface area contributed by atoms with E-state index in [9.17, 15) is 27.1 Å². The SMILES string of the molecule is CC(C)S(=O)(=O)N(C)c1cc(C(=O)NC(COc2cc(F)cc(F)c2)[C@H](O)CNC(C)(C)C#CCC2CC2)cc(N(C)[C@H]2C[C@@H]2C)n1. The number of rotatable bonds is 15. The molecule has 2 aromatic rings. The summed E-state index contributed by atoms with van der Waals surface area (Å²) in [6, 6.07) is 4.83. The first-order valence-electron chi connectivity index (χ1n) is 16.0. The van der Waals surface area contributed by atoms with E-state index < -0.39 is 50.5 Å². The first-order chi connectivity index (χ1) is 22.0. The van der Waals surface area contributed by atoms with Crippen molar-refractivity contribution in [1.29, 1.82) is 0 Å². The number of nitrogens with one attached hydrogen (secondary N) is 2. The second kappa shape index (κ2) is 14.7. The number of benzene rings is 1. The summed E-state index contributed by atoms with van der Waals surface area (Å²) < 4.78 is 60.5. The van der Waals surface area contributed by atoms with E-state index in [1.165, 1.54) is 26.0 Å². The number of carbonyl (C=O) groups excluding carboxylic acids is 1. The van der Waals surface area contributed by atoms with Crippen molar-refractivity contribution in [1.82, 2.24) is 15.6 Å². The predicted octanol–water partition coefficient (Wildman–Crippen LogP) is 4.09. The molecule has 2 fully saturated rings. The Morgan fingerprint density at radius 1 is 1.13 bits per heavy atom. The molecule has 1 aromatic carbocycles. The molecule has 10 nitrogen and oxygen atoms in total. The monoisotopic (exact) mass is 675 g/mol. The molecule has 2 aliphatic rings. The maximum atomic E-state index is 13.9. The van der Waals surface area contributed by atoms with Crippen LogP contribution in [0.4, 0.5) is 20.4 Å². The van der Waals surface area contributed by atoms with Gasteiger partial charge in [-0.15, -0.1) is 5.92 Å². The van der Waals surface area contributed by atoms with Crippen LogP contribution in [0.15, 0.2) is 30.3 Å². The van der Waals surface area contributed by atoms with E-state index in [2.05, 4.69) is 34.4 Å². The molecule has 1 aromatic heterocycles. The first-order valence-corrected chi connectivity index (χ1v) is 17.5. The van der Waals surface area contributed by atoms with Crippen molar-refractivity contribution in [3.8, 4) is 17.6 Å². The number of anilines is 2. The zero-order valence-corrected chi connectivity index (χ0v) is 29.0.